The summed E-state index contributed by atoms with van der Waals surface area (Å²) in [6, 6.07) is 1.97. The summed E-state index contributed by atoms with van der Waals surface area (Å²) in [6.45, 7) is 5.10. The van der Waals surface area contributed by atoms with Gasteiger partial charge in [0.2, 0.25) is 5.91 Å². The molecular formula is C17H23N3O3S. The van der Waals surface area contributed by atoms with Crippen LogP contribution in [0.1, 0.15) is 39.5 Å². The van der Waals surface area contributed by atoms with Crippen molar-refractivity contribution in [1.82, 2.24) is 14.0 Å². The summed E-state index contributed by atoms with van der Waals surface area (Å²) in [6.07, 6.45) is 3.85. The molecule has 0 saturated carbocycles. The smallest absolute Gasteiger partial charge is 0.332 e. The number of hydrogen-bond donors (Lipinski definition) is 0. The fourth-order valence-corrected chi connectivity index (χ4v) is 4.24. The monoisotopic (exact) mass is 349 g/mol. The van der Waals surface area contributed by atoms with Gasteiger partial charge in [0.1, 0.15) is 11.2 Å². The molecule has 1 saturated heterocycles. The van der Waals surface area contributed by atoms with Gasteiger partial charge in [-0.15, -0.1) is 11.3 Å². The fourth-order valence-electron chi connectivity index (χ4n) is 3.40. The van der Waals surface area contributed by atoms with Crippen molar-refractivity contribution in [3.05, 3.63) is 32.3 Å². The second kappa shape index (κ2) is 6.93. The third-order valence-corrected chi connectivity index (χ3v) is 5.59. The molecule has 1 aliphatic rings. The molecule has 0 unspecified atom stereocenters. The van der Waals surface area contributed by atoms with Gasteiger partial charge in [0.05, 0.1) is 5.52 Å². The molecule has 0 aromatic carbocycles. The van der Waals surface area contributed by atoms with Crippen LogP contribution >= 0.6 is 11.3 Å². The molecular weight excluding hydrogens is 326 g/mol. The normalized spacial score (nSPS) is 18.2. The van der Waals surface area contributed by atoms with Gasteiger partial charge in [0.25, 0.3) is 5.56 Å². The minimum atomic E-state index is -0.384. The quantitative estimate of drug-likeness (QED) is 0.848. The maximum absolute atomic E-state index is 12.8. The molecule has 6 nitrogen and oxygen atoms in total. The fraction of sp³-hybridized carbons (Fsp3) is 0.588. The summed E-state index contributed by atoms with van der Waals surface area (Å²) >= 11 is 1.32. The molecule has 0 N–H and O–H groups in total. The first kappa shape index (κ1) is 17.0. The molecule has 3 rings (SSSR count). The number of nitrogens with zero attached hydrogens (tertiary/aromatic N) is 3. The van der Waals surface area contributed by atoms with E-state index in [1.807, 2.05) is 11.8 Å². The largest absolute Gasteiger partial charge is 0.338 e. The van der Waals surface area contributed by atoms with Crippen molar-refractivity contribution in [3.63, 3.8) is 0 Å². The lowest BCUT2D eigenvalue weighted by Gasteiger charge is -2.33. The number of rotatable bonds is 4. The Morgan fingerprint density at radius 1 is 1.29 bits per heavy atom. The highest BCUT2D eigenvalue weighted by molar-refractivity contribution is 7.17. The molecule has 2 aromatic rings. The van der Waals surface area contributed by atoms with Gasteiger partial charge in [0, 0.05) is 19.1 Å². The predicted octanol–water partition coefficient (Wildman–Crippen LogP) is 2.04. The number of aromatic nitrogens is 2. The zero-order valence-electron chi connectivity index (χ0n) is 14.2. The Bertz CT molecular complexity index is 864. The lowest BCUT2D eigenvalue weighted by atomic mass is 10.0. The van der Waals surface area contributed by atoms with Crippen LogP contribution in [0.4, 0.5) is 0 Å². The van der Waals surface area contributed by atoms with Gasteiger partial charge in [-0.25, -0.2) is 4.79 Å². The van der Waals surface area contributed by atoms with Gasteiger partial charge in [-0.05, 0) is 44.1 Å². The molecule has 1 atom stereocenters. The minimum absolute atomic E-state index is 0.000398. The molecule has 3 heterocycles. The van der Waals surface area contributed by atoms with Gasteiger partial charge < -0.3 is 4.90 Å². The topological polar surface area (TPSA) is 64.3 Å². The highest BCUT2D eigenvalue weighted by Gasteiger charge is 2.25. The van der Waals surface area contributed by atoms with Crippen LogP contribution in [0.25, 0.3) is 10.2 Å². The van der Waals surface area contributed by atoms with Crippen molar-refractivity contribution >= 4 is 27.5 Å². The Balaban J connectivity index is 2.02. The van der Waals surface area contributed by atoms with Crippen LogP contribution < -0.4 is 11.2 Å². The minimum Gasteiger partial charge on any atom is -0.338 e. The number of carbonyl (C=O) groups excluding carboxylic acids is 1. The lowest BCUT2D eigenvalue weighted by molar-refractivity contribution is -0.135. The molecule has 1 amide bonds. The summed E-state index contributed by atoms with van der Waals surface area (Å²) in [7, 11) is 0. The van der Waals surface area contributed by atoms with E-state index < -0.39 is 0 Å². The summed E-state index contributed by atoms with van der Waals surface area (Å²) in [5, 5.41) is 1.80. The average molecular weight is 349 g/mol. The van der Waals surface area contributed by atoms with Gasteiger partial charge in [-0.3, -0.25) is 18.7 Å². The first-order valence-corrected chi connectivity index (χ1v) is 9.43. The number of likely N-dealkylation sites (tertiary alicyclic amines) is 1. The van der Waals surface area contributed by atoms with Crippen LogP contribution in [-0.2, 0) is 17.9 Å². The Morgan fingerprint density at radius 3 is 2.79 bits per heavy atom. The summed E-state index contributed by atoms with van der Waals surface area (Å²) in [5.74, 6) is -0.0431. The number of thiophene rings is 1. The molecule has 2 aromatic heterocycles. The standard InChI is InChI=1S/C17H23N3O3S/c1-3-8-19-16(22)15-13(7-10-24-15)20(17(19)23)11-14(21)18-9-5-4-6-12(18)2/h7,10,12H,3-6,8-9,11H2,1-2H3/t12-/m0/s1. The van der Waals surface area contributed by atoms with E-state index in [0.29, 0.717) is 23.2 Å². The Hall–Kier alpha value is -1.89. The predicted molar refractivity (Wildman–Crippen MR) is 95.7 cm³/mol. The number of carbonyl (C=O) groups is 1. The highest BCUT2D eigenvalue weighted by Crippen LogP contribution is 2.19. The van der Waals surface area contributed by atoms with Crippen LogP contribution in [0.15, 0.2) is 21.0 Å². The van der Waals surface area contributed by atoms with Gasteiger partial charge in [-0.1, -0.05) is 6.92 Å². The Kier molecular flexibility index (Phi) is 4.89. The van der Waals surface area contributed by atoms with E-state index in [1.54, 1.807) is 11.4 Å². The van der Waals surface area contributed by atoms with Crippen molar-refractivity contribution < 1.29 is 4.79 Å². The van der Waals surface area contributed by atoms with E-state index in [9.17, 15) is 14.4 Å². The van der Waals surface area contributed by atoms with Gasteiger partial charge in [0.15, 0.2) is 0 Å². The van der Waals surface area contributed by atoms with Crippen molar-refractivity contribution in [2.24, 2.45) is 0 Å². The van der Waals surface area contributed by atoms with Crippen LogP contribution in [0, 0.1) is 0 Å². The summed E-state index contributed by atoms with van der Waals surface area (Å²) < 4.78 is 3.26. The molecule has 0 aliphatic carbocycles. The zero-order chi connectivity index (χ0) is 17.3. The third-order valence-electron chi connectivity index (χ3n) is 4.70. The van der Waals surface area contributed by atoms with Crippen molar-refractivity contribution in [3.8, 4) is 0 Å². The van der Waals surface area contributed by atoms with E-state index in [2.05, 4.69) is 6.92 Å². The van der Waals surface area contributed by atoms with Crippen LogP contribution in [-0.4, -0.2) is 32.5 Å². The maximum Gasteiger partial charge on any atom is 0.332 e. The summed E-state index contributed by atoms with van der Waals surface area (Å²) in [5.41, 5.74) is -0.0620. The van der Waals surface area contributed by atoms with E-state index in [-0.39, 0.29) is 29.7 Å². The molecule has 24 heavy (non-hydrogen) atoms. The lowest BCUT2D eigenvalue weighted by Crippen LogP contribution is -2.46. The van der Waals surface area contributed by atoms with E-state index in [0.717, 1.165) is 25.8 Å². The molecule has 1 fully saturated rings. The first-order chi connectivity index (χ1) is 11.5. The van der Waals surface area contributed by atoms with Crippen molar-refractivity contribution in [1.29, 1.82) is 0 Å². The second-order valence-corrected chi connectivity index (χ2v) is 7.31. The molecule has 0 spiro atoms. The molecule has 1 aliphatic heterocycles. The number of amides is 1. The Labute approximate surface area is 144 Å². The third kappa shape index (κ3) is 2.92. The molecule has 0 radical (unpaired) electrons. The van der Waals surface area contributed by atoms with Crippen LogP contribution in [0.5, 0.6) is 0 Å². The molecule has 0 bridgehead atoms. The van der Waals surface area contributed by atoms with Crippen molar-refractivity contribution in [2.45, 2.75) is 58.7 Å². The number of hydrogen-bond acceptors (Lipinski definition) is 4. The van der Waals surface area contributed by atoms with Gasteiger partial charge in [-0.2, -0.15) is 0 Å². The first-order valence-electron chi connectivity index (χ1n) is 8.55. The number of piperidine rings is 1. The maximum atomic E-state index is 12.8. The number of fused-ring (bicyclic) bond motifs is 1. The van der Waals surface area contributed by atoms with E-state index >= 15 is 0 Å². The SMILES string of the molecule is CCCn1c(=O)c2sccc2n(CC(=O)N2CCCC[C@@H]2C)c1=O. The molecule has 7 heteroatoms. The molecule has 130 valence electrons. The van der Waals surface area contributed by atoms with Crippen molar-refractivity contribution in [2.75, 3.05) is 6.54 Å². The Morgan fingerprint density at radius 2 is 2.08 bits per heavy atom. The summed E-state index contributed by atoms with van der Waals surface area (Å²) in [4.78, 5) is 39.8. The highest BCUT2D eigenvalue weighted by atomic mass is 32.1. The average Bonchev–Trinajstić information content (AvgIpc) is 3.05. The second-order valence-electron chi connectivity index (χ2n) is 6.39. The van der Waals surface area contributed by atoms with E-state index in [4.69, 9.17) is 0 Å². The van der Waals surface area contributed by atoms with Crippen LogP contribution in [0.3, 0.4) is 0 Å². The van der Waals surface area contributed by atoms with Gasteiger partial charge >= 0.3 is 5.69 Å². The zero-order valence-corrected chi connectivity index (χ0v) is 15.0. The van der Waals surface area contributed by atoms with E-state index in [1.165, 1.54) is 20.5 Å². The van der Waals surface area contributed by atoms with Crippen LogP contribution in [0.2, 0.25) is 0 Å².